The molecule has 0 saturated carbocycles. The predicted octanol–water partition coefficient (Wildman–Crippen LogP) is 2.43. The Kier molecular flexibility index (Phi) is 6.36. The molecule has 4 rings (SSSR count). The Balaban J connectivity index is 1.69. The number of halogens is 1. The fourth-order valence-corrected chi connectivity index (χ4v) is 6.00. The fourth-order valence-electron chi connectivity index (χ4n) is 3.11. The SMILES string of the molecule is CCCNS(=O)(=O)CCn1c(Sc2cc3c(cc2I)CCO3)nc2c(N)ncnc21. The molecule has 0 amide bonds. The summed E-state index contributed by atoms with van der Waals surface area (Å²) in [5.74, 6) is 1.06. The van der Waals surface area contributed by atoms with Crippen LogP contribution in [0.25, 0.3) is 11.2 Å². The van der Waals surface area contributed by atoms with Crippen molar-refractivity contribution in [3.8, 4) is 5.75 Å². The molecule has 12 heteroatoms. The highest BCUT2D eigenvalue weighted by Gasteiger charge is 2.21. The van der Waals surface area contributed by atoms with Crippen molar-refractivity contribution in [1.82, 2.24) is 24.2 Å². The first-order valence-electron chi connectivity index (χ1n) is 9.45. The van der Waals surface area contributed by atoms with Gasteiger partial charge in [-0.25, -0.2) is 28.1 Å². The highest BCUT2D eigenvalue weighted by atomic mass is 127. The number of aryl methyl sites for hydroxylation is 1. The molecule has 0 atom stereocenters. The van der Waals surface area contributed by atoms with Gasteiger partial charge in [0.2, 0.25) is 10.0 Å². The lowest BCUT2D eigenvalue weighted by Gasteiger charge is -2.11. The van der Waals surface area contributed by atoms with E-state index in [4.69, 9.17) is 10.5 Å². The van der Waals surface area contributed by atoms with Crippen molar-refractivity contribution in [3.63, 3.8) is 0 Å². The average molecular weight is 560 g/mol. The van der Waals surface area contributed by atoms with Gasteiger partial charge in [0.05, 0.1) is 12.4 Å². The van der Waals surface area contributed by atoms with Crippen molar-refractivity contribution in [2.24, 2.45) is 0 Å². The molecular formula is C18H21IN6O3S2. The number of nitrogen functional groups attached to an aromatic ring is 1. The van der Waals surface area contributed by atoms with E-state index >= 15 is 0 Å². The number of sulfonamides is 1. The highest BCUT2D eigenvalue weighted by molar-refractivity contribution is 14.1. The number of hydrogen-bond acceptors (Lipinski definition) is 8. The van der Waals surface area contributed by atoms with Gasteiger partial charge in [0.25, 0.3) is 0 Å². The molecule has 2 aromatic heterocycles. The molecule has 1 aromatic carbocycles. The molecule has 0 saturated heterocycles. The summed E-state index contributed by atoms with van der Waals surface area (Å²) in [7, 11) is -3.41. The highest BCUT2D eigenvalue weighted by Crippen LogP contribution is 2.38. The van der Waals surface area contributed by atoms with E-state index in [1.165, 1.54) is 23.7 Å². The number of hydrogen-bond donors (Lipinski definition) is 2. The Morgan fingerprint density at radius 3 is 3.00 bits per heavy atom. The number of fused-ring (bicyclic) bond motifs is 2. The van der Waals surface area contributed by atoms with Gasteiger partial charge in [0.1, 0.15) is 12.1 Å². The van der Waals surface area contributed by atoms with Crippen molar-refractivity contribution < 1.29 is 13.2 Å². The van der Waals surface area contributed by atoms with Gasteiger partial charge in [0.15, 0.2) is 22.1 Å². The van der Waals surface area contributed by atoms with E-state index in [-0.39, 0.29) is 18.1 Å². The van der Waals surface area contributed by atoms with Crippen LogP contribution >= 0.6 is 34.4 Å². The standard InChI is InChI=1S/C18H21IN6O3S2/c1-2-4-23-30(26,27)7-5-25-17-15(16(20)21-10-22-17)24-18(25)29-14-9-13-11(3-6-28-13)8-12(14)19/h8-10,23H,2-7H2,1H3,(H2,20,21,22). The molecule has 3 heterocycles. The van der Waals surface area contributed by atoms with Crippen LogP contribution in [0.1, 0.15) is 18.9 Å². The summed E-state index contributed by atoms with van der Waals surface area (Å²) in [4.78, 5) is 13.9. The fraction of sp³-hybridized carbons (Fsp3) is 0.389. The minimum Gasteiger partial charge on any atom is -0.493 e. The number of benzene rings is 1. The lowest BCUT2D eigenvalue weighted by molar-refractivity contribution is 0.356. The topological polar surface area (TPSA) is 125 Å². The average Bonchev–Trinajstić information content (AvgIpc) is 3.30. The minimum atomic E-state index is -3.41. The molecule has 0 spiro atoms. The van der Waals surface area contributed by atoms with E-state index in [9.17, 15) is 8.42 Å². The van der Waals surface area contributed by atoms with Gasteiger partial charge < -0.3 is 15.0 Å². The molecular weight excluding hydrogens is 539 g/mol. The van der Waals surface area contributed by atoms with Crippen LogP contribution in [0.2, 0.25) is 0 Å². The van der Waals surface area contributed by atoms with E-state index in [1.54, 1.807) is 4.57 Å². The summed E-state index contributed by atoms with van der Waals surface area (Å²) in [6.07, 6.45) is 3.00. The van der Waals surface area contributed by atoms with Crippen molar-refractivity contribution in [2.75, 3.05) is 24.6 Å². The molecule has 3 N–H and O–H groups in total. The number of ether oxygens (including phenoxy) is 1. The molecule has 160 valence electrons. The third-order valence-electron chi connectivity index (χ3n) is 4.63. The summed E-state index contributed by atoms with van der Waals surface area (Å²) in [5.41, 5.74) is 8.17. The van der Waals surface area contributed by atoms with Crippen molar-refractivity contribution >= 4 is 61.4 Å². The smallest absolute Gasteiger partial charge is 0.213 e. The summed E-state index contributed by atoms with van der Waals surface area (Å²) >= 11 is 3.73. The van der Waals surface area contributed by atoms with Crippen LogP contribution in [-0.2, 0) is 23.0 Å². The Hall–Kier alpha value is -1.64. The molecule has 0 radical (unpaired) electrons. The maximum atomic E-state index is 12.3. The Bertz CT molecular complexity index is 1200. The number of nitrogens with one attached hydrogen (secondary N) is 1. The van der Waals surface area contributed by atoms with Gasteiger partial charge in [-0.1, -0.05) is 18.7 Å². The first-order valence-corrected chi connectivity index (χ1v) is 13.0. The summed E-state index contributed by atoms with van der Waals surface area (Å²) in [6, 6.07) is 4.12. The van der Waals surface area contributed by atoms with Crippen molar-refractivity contribution in [2.45, 2.75) is 36.4 Å². The first kappa shape index (κ1) is 21.6. The zero-order valence-electron chi connectivity index (χ0n) is 16.3. The van der Waals surface area contributed by atoms with E-state index < -0.39 is 10.0 Å². The number of imidazole rings is 1. The predicted molar refractivity (Wildman–Crippen MR) is 124 cm³/mol. The zero-order chi connectivity index (χ0) is 21.3. The van der Waals surface area contributed by atoms with Gasteiger partial charge in [-0.2, -0.15) is 0 Å². The minimum absolute atomic E-state index is 0.0830. The van der Waals surface area contributed by atoms with Gasteiger partial charge in [0, 0.05) is 28.0 Å². The molecule has 1 aliphatic heterocycles. The van der Waals surface area contributed by atoms with Crippen molar-refractivity contribution in [3.05, 3.63) is 27.6 Å². The quantitative estimate of drug-likeness (QED) is 0.403. The van der Waals surface area contributed by atoms with E-state index in [0.717, 1.165) is 27.1 Å². The number of aromatic nitrogens is 4. The van der Waals surface area contributed by atoms with Crippen LogP contribution in [0.15, 0.2) is 28.5 Å². The van der Waals surface area contributed by atoms with Gasteiger partial charge in [-0.3, -0.25) is 0 Å². The van der Waals surface area contributed by atoms with E-state index in [1.807, 2.05) is 13.0 Å². The van der Waals surface area contributed by atoms with Gasteiger partial charge >= 0.3 is 0 Å². The lowest BCUT2D eigenvalue weighted by Crippen LogP contribution is -2.29. The largest absolute Gasteiger partial charge is 0.493 e. The molecule has 3 aromatic rings. The molecule has 1 aliphatic rings. The van der Waals surface area contributed by atoms with E-state index in [0.29, 0.717) is 29.5 Å². The molecule has 0 bridgehead atoms. The number of nitrogens with zero attached hydrogens (tertiary/aromatic N) is 4. The van der Waals surface area contributed by atoms with Crippen LogP contribution < -0.4 is 15.2 Å². The number of anilines is 1. The van der Waals surface area contributed by atoms with Crippen molar-refractivity contribution in [1.29, 1.82) is 0 Å². The van der Waals surface area contributed by atoms with Crippen LogP contribution in [0.3, 0.4) is 0 Å². The van der Waals surface area contributed by atoms with Gasteiger partial charge in [-0.15, -0.1) is 0 Å². The molecule has 9 nitrogen and oxygen atoms in total. The normalized spacial score (nSPS) is 13.5. The monoisotopic (exact) mass is 560 g/mol. The second-order valence-corrected chi connectivity index (χ2v) is 10.9. The summed E-state index contributed by atoms with van der Waals surface area (Å²) < 4.78 is 35.8. The Morgan fingerprint density at radius 1 is 1.37 bits per heavy atom. The molecule has 30 heavy (non-hydrogen) atoms. The van der Waals surface area contributed by atoms with Crippen LogP contribution in [0, 0.1) is 3.57 Å². The maximum absolute atomic E-state index is 12.3. The molecule has 0 aliphatic carbocycles. The zero-order valence-corrected chi connectivity index (χ0v) is 20.1. The lowest BCUT2D eigenvalue weighted by atomic mass is 10.2. The Labute approximate surface area is 192 Å². The summed E-state index contributed by atoms with van der Waals surface area (Å²) in [5, 5.41) is 0.610. The third kappa shape index (κ3) is 4.50. The van der Waals surface area contributed by atoms with Crippen LogP contribution in [0.5, 0.6) is 5.75 Å². The second-order valence-electron chi connectivity index (χ2n) is 6.78. The second kappa shape index (κ2) is 8.85. The molecule has 0 fully saturated rings. The van der Waals surface area contributed by atoms with Gasteiger partial charge in [-0.05, 0) is 46.7 Å². The number of rotatable bonds is 8. The first-order chi connectivity index (χ1) is 14.4. The van der Waals surface area contributed by atoms with E-state index in [2.05, 4.69) is 48.3 Å². The Morgan fingerprint density at radius 2 is 2.20 bits per heavy atom. The molecule has 0 unspecified atom stereocenters. The number of nitrogens with two attached hydrogens (primary N) is 1. The summed E-state index contributed by atoms with van der Waals surface area (Å²) in [6.45, 7) is 3.22. The third-order valence-corrected chi connectivity index (χ3v) is 8.30. The van der Waals surface area contributed by atoms with Crippen LogP contribution in [0.4, 0.5) is 5.82 Å². The van der Waals surface area contributed by atoms with Crippen LogP contribution in [-0.4, -0.2) is 46.8 Å². The maximum Gasteiger partial charge on any atom is 0.213 e.